The smallest absolute Gasteiger partial charge is 0.291 e. The van der Waals surface area contributed by atoms with Crippen LogP contribution in [0.15, 0.2) is 83.3 Å². The summed E-state index contributed by atoms with van der Waals surface area (Å²) in [5.74, 6) is -0.376. The number of nitrogens with zero attached hydrogens (tertiary/aromatic N) is 2. The molecule has 1 atom stereocenters. The fraction of sp³-hybridized carbons (Fsp3) is 0.214. The van der Waals surface area contributed by atoms with Crippen molar-refractivity contribution >= 4 is 34.2 Å². The van der Waals surface area contributed by atoms with Gasteiger partial charge in [-0.1, -0.05) is 42.5 Å². The summed E-state index contributed by atoms with van der Waals surface area (Å²) in [6.07, 6.45) is -0.798. The summed E-state index contributed by atoms with van der Waals surface area (Å²) in [5.41, 5.74) is 1.34. The summed E-state index contributed by atoms with van der Waals surface area (Å²) >= 11 is 0. The van der Waals surface area contributed by atoms with Gasteiger partial charge in [0.15, 0.2) is 6.10 Å². The van der Waals surface area contributed by atoms with E-state index in [0.29, 0.717) is 54.3 Å². The van der Waals surface area contributed by atoms with Crippen LogP contribution in [-0.2, 0) is 4.79 Å². The SMILES string of the molecule is CC(Oc1ccccc1)C(=O)Nc1c(C(=O)N2CCN(c3ccccc3F)CC2)oc2ccccc12. The maximum Gasteiger partial charge on any atom is 0.291 e. The number of hydrogen-bond donors (Lipinski definition) is 1. The summed E-state index contributed by atoms with van der Waals surface area (Å²) in [7, 11) is 0. The molecule has 7 nitrogen and oxygen atoms in total. The minimum atomic E-state index is -0.798. The molecule has 1 aromatic heterocycles. The zero-order valence-corrected chi connectivity index (χ0v) is 19.8. The third kappa shape index (κ3) is 4.75. The highest BCUT2D eigenvalue weighted by Crippen LogP contribution is 2.32. The van der Waals surface area contributed by atoms with Crippen molar-refractivity contribution in [3.63, 3.8) is 0 Å². The number of carbonyl (C=O) groups excluding carboxylic acids is 2. The lowest BCUT2D eigenvalue weighted by Crippen LogP contribution is -2.49. The van der Waals surface area contributed by atoms with Gasteiger partial charge in [-0.15, -0.1) is 0 Å². The van der Waals surface area contributed by atoms with Gasteiger partial charge in [0.2, 0.25) is 5.76 Å². The maximum atomic E-state index is 14.2. The molecule has 1 aliphatic heterocycles. The first kappa shape index (κ1) is 23.4. The number of para-hydroxylation sites is 3. The van der Waals surface area contributed by atoms with Crippen molar-refractivity contribution in [2.45, 2.75) is 13.0 Å². The number of benzene rings is 3. The second kappa shape index (κ2) is 10.1. The van der Waals surface area contributed by atoms with Crippen LogP contribution in [0.3, 0.4) is 0 Å². The molecule has 0 spiro atoms. The van der Waals surface area contributed by atoms with Gasteiger partial charge in [-0.2, -0.15) is 0 Å². The van der Waals surface area contributed by atoms with Gasteiger partial charge < -0.3 is 24.3 Å². The van der Waals surface area contributed by atoms with Crippen LogP contribution in [0.4, 0.5) is 15.8 Å². The van der Waals surface area contributed by atoms with Crippen molar-refractivity contribution in [3.8, 4) is 5.75 Å². The minimum Gasteiger partial charge on any atom is -0.481 e. The van der Waals surface area contributed by atoms with Crippen LogP contribution in [0.5, 0.6) is 5.75 Å². The molecular weight excluding hydrogens is 461 g/mol. The number of rotatable bonds is 6. The van der Waals surface area contributed by atoms with Crippen molar-refractivity contribution in [1.82, 2.24) is 4.90 Å². The fourth-order valence-electron chi connectivity index (χ4n) is 4.30. The lowest BCUT2D eigenvalue weighted by molar-refractivity contribution is -0.122. The van der Waals surface area contributed by atoms with E-state index in [2.05, 4.69) is 5.32 Å². The van der Waals surface area contributed by atoms with E-state index in [-0.39, 0.29) is 17.5 Å². The van der Waals surface area contributed by atoms with E-state index >= 15 is 0 Å². The Hall–Kier alpha value is -4.33. The van der Waals surface area contributed by atoms with Crippen molar-refractivity contribution in [2.75, 3.05) is 36.4 Å². The predicted molar refractivity (Wildman–Crippen MR) is 136 cm³/mol. The second-order valence-corrected chi connectivity index (χ2v) is 8.60. The van der Waals surface area contributed by atoms with E-state index < -0.39 is 12.0 Å². The van der Waals surface area contributed by atoms with Gasteiger partial charge in [-0.05, 0) is 43.3 Å². The molecule has 1 aliphatic rings. The molecule has 0 radical (unpaired) electrons. The molecule has 0 aliphatic carbocycles. The summed E-state index contributed by atoms with van der Waals surface area (Å²) in [5, 5.41) is 3.48. The third-order valence-electron chi connectivity index (χ3n) is 6.22. The summed E-state index contributed by atoms with van der Waals surface area (Å²) in [4.78, 5) is 30.1. The molecular formula is C28H26FN3O4. The van der Waals surface area contributed by atoms with E-state index in [1.807, 2.05) is 29.2 Å². The van der Waals surface area contributed by atoms with Crippen LogP contribution < -0.4 is 15.0 Å². The van der Waals surface area contributed by atoms with Gasteiger partial charge in [0.05, 0.1) is 5.69 Å². The van der Waals surface area contributed by atoms with Gasteiger partial charge in [0.1, 0.15) is 22.8 Å². The zero-order valence-electron chi connectivity index (χ0n) is 19.8. The molecule has 1 fully saturated rings. The molecule has 1 unspecified atom stereocenters. The molecule has 5 rings (SSSR count). The van der Waals surface area contributed by atoms with E-state index in [1.54, 1.807) is 60.4 Å². The molecule has 0 bridgehead atoms. The third-order valence-corrected chi connectivity index (χ3v) is 6.22. The van der Waals surface area contributed by atoms with E-state index in [1.165, 1.54) is 6.07 Å². The maximum absolute atomic E-state index is 14.2. The Balaban J connectivity index is 1.34. The van der Waals surface area contributed by atoms with Crippen LogP contribution >= 0.6 is 0 Å². The Morgan fingerprint density at radius 1 is 0.917 bits per heavy atom. The monoisotopic (exact) mass is 487 g/mol. The van der Waals surface area contributed by atoms with Gasteiger partial charge >= 0.3 is 0 Å². The average Bonchev–Trinajstić information content (AvgIpc) is 3.27. The van der Waals surface area contributed by atoms with Crippen LogP contribution in [0.2, 0.25) is 0 Å². The highest BCUT2D eigenvalue weighted by Gasteiger charge is 2.30. The Kier molecular flexibility index (Phi) is 6.58. The number of amides is 2. The van der Waals surface area contributed by atoms with Crippen LogP contribution in [-0.4, -0.2) is 49.0 Å². The van der Waals surface area contributed by atoms with Crippen molar-refractivity contribution in [1.29, 1.82) is 0 Å². The summed E-state index contributed by atoms with van der Waals surface area (Å²) < 4.78 is 25.9. The molecule has 1 N–H and O–H groups in total. The number of ether oxygens (including phenoxy) is 1. The lowest BCUT2D eigenvalue weighted by atomic mass is 10.2. The lowest BCUT2D eigenvalue weighted by Gasteiger charge is -2.35. The highest BCUT2D eigenvalue weighted by atomic mass is 19.1. The molecule has 8 heteroatoms. The first-order chi connectivity index (χ1) is 17.5. The first-order valence-electron chi connectivity index (χ1n) is 11.8. The molecule has 0 saturated carbocycles. The van der Waals surface area contributed by atoms with Gasteiger partial charge in [-0.25, -0.2) is 4.39 Å². The van der Waals surface area contributed by atoms with E-state index in [9.17, 15) is 14.0 Å². The topological polar surface area (TPSA) is 75.0 Å². The Morgan fingerprint density at radius 3 is 2.33 bits per heavy atom. The number of nitrogens with one attached hydrogen (secondary N) is 1. The van der Waals surface area contributed by atoms with E-state index in [0.717, 1.165) is 0 Å². The van der Waals surface area contributed by atoms with Crippen molar-refractivity contribution in [3.05, 3.63) is 90.4 Å². The van der Waals surface area contributed by atoms with Gasteiger partial charge in [0.25, 0.3) is 11.8 Å². The molecule has 184 valence electrons. The number of hydrogen-bond acceptors (Lipinski definition) is 5. The summed E-state index contributed by atoms with van der Waals surface area (Å²) in [6, 6.07) is 22.8. The highest BCUT2D eigenvalue weighted by molar-refractivity contribution is 6.11. The van der Waals surface area contributed by atoms with E-state index in [4.69, 9.17) is 9.15 Å². The number of carbonyl (C=O) groups is 2. The second-order valence-electron chi connectivity index (χ2n) is 8.60. The molecule has 36 heavy (non-hydrogen) atoms. The molecule has 3 aromatic carbocycles. The first-order valence-corrected chi connectivity index (χ1v) is 11.8. The van der Waals surface area contributed by atoms with Crippen molar-refractivity contribution in [2.24, 2.45) is 0 Å². The van der Waals surface area contributed by atoms with Crippen LogP contribution in [0.1, 0.15) is 17.5 Å². The largest absolute Gasteiger partial charge is 0.481 e. The van der Waals surface area contributed by atoms with Crippen molar-refractivity contribution < 1.29 is 23.1 Å². The number of halogens is 1. The number of anilines is 2. The number of fused-ring (bicyclic) bond motifs is 1. The molecule has 1 saturated heterocycles. The average molecular weight is 488 g/mol. The normalized spacial score (nSPS) is 14.5. The fourth-order valence-corrected chi connectivity index (χ4v) is 4.30. The minimum absolute atomic E-state index is 0.0656. The standard InChI is InChI=1S/C28H26FN3O4/c1-19(35-20-9-3-2-4-10-20)27(33)30-25-21-11-5-8-14-24(21)36-26(25)28(34)32-17-15-31(16-18-32)23-13-7-6-12-22(23)29/h2-14,19H,15-18H2,1H3,(H,30,33). The Morgan fingerprint density at radius 2 is 1.58 bits per heavy atom. The van der Waals surface area contributed by atoms with Crippen LogP contribution in [0, 0.1) is 5.82 Å². The number of furan rings is 1. The number of piperazine rings is 1. The van der Waals surface area contributed by atoms with Crippen LogP contribution in [0.25, 0.3) is 11.0 Å². The molecule has 2 heterocycles. The Bertz CT molecular complexity index is 1380. The van der Waals surface area contributed by atoms with Gasteiger partial charge in [-0.3, -0.25) is 9.59 Å². The zero-order chi connectivity index (χ0) is 25.1. The Labute approximate surface area is 208 Å². The summed E-state index contributed by atoms with van der Waals surface area (Å²) in [6.45, 7) is 3.40. The molecule has 2 amide bonds. The predicted octanol–water partition coefficient (Wildman–Crippen LogP) is 4.94. The van der Waals surface area contributed by atoms with Gasteiger partial charge in [0, 0.05) is 31.6 Å². The molecule has 4 aromatic rings. The quantitative estimate of drug-likeness (QED) is 0.417.